The Balaban J connectivity index is 2.27. The van der Waals surface area contributed by atoms with Crippen molar-refractivity contribution in [3.8, 4) is 0 Å². The second-order valence-corrected chi connectivity index (χ2v) is 9.50. The first-order valence-corrected chi connectivity index (χ1v) is 12.1. The van der Waals surface area contributed by atoms with Gasteiger partial charge in [0.2, 0.25) is 5.91 Å². The number of nitrogens with one attached hydrogen (secondary N) is 1. The van der Waals surface area contributed by atoms with Gasteiger partial charge in [0, 0.05) is 6.92 Å². The first-order valence-electron chi connectivity index (χ1n) is 9.37. The van der Waals surface area contributed by atoms with Crippen LogP contribution in [0.2, 0.25) is 0 Å². The first kappa shape index (κ1) is 29.1. The van der Waals surface area contributed by atoms with Crippen LogP contribution in [0.3, 0.4) is 0 Å². The summed E-state index contributed by atoms with van der Waals surface area (Å²) in [4.78, 5) is 11.4. The highest BCUT2D eigenvalue weighted by molar-refractivity contribution is 7.81. The van der Waals surface area contributed by atoms with Gasteiger partial charge in [0.15, 0.2) is 12.6 Å². The first-order chi connectivity index (χ1) is 15.5. The average Bonchev–Trinajstić information content (AvgIpc) is 2.69. The molecule has 8 N–H and O–H groups in total. The predicted octanol–water partition coefficient (Wildman–Crippen LogP) is -5.60. The average molecular weight is 543 g/mol. The molecule has 2 aliphatic rings. The standard InChI is InChI=1S/C14H25NO17S2/c1-4(16)15-7-9(18)12(6(30-13(7)21)3-29-34(25,26)27)32-14-11(20)10(19)8(17)5(31-14)2-28-33(22,23)24/h5-14,17-21H,2-3H2,1H3,(H,15,16)(H,22,23,24)(H,25,26,27)/t5-,6-,7-,8+,9-,10+,11-,12-,13?,14+/m1/s1. The summed E-state index contributed by atoms with van der Waals surface area (Å²) in [6.45, 7) is -1.06. The molecule has 34 heavy (non-hydrogen) atoms. The Kier molecular flexibility index (Phi) is 9.68. The number of ether oxygens (including phenoxy) is 3. The van der Waals surface area contributed by atoms with E-state index in [9.17, 15) is 47.2 Å². The summed E-state index contributed by atoms with van der Waals surface area (Å²) in [6, 6.07) is -1.56. The van der Waals surface area contributed by atoms with E-state index in [1.807, 2.05) is 0 Å². The Morgan fingerprint density at radius 1 is 0.824 bits per heavy atom. The molecular formula is C14H25NO17S2. The molecule has 0 saturated carbocycles. The van der Waals surface area contributed by atoms with Gasteiger partial charge in [0.25, 0.3) is 0 Å². The molecule has 1 unspecified atom stereocenters. The van der Waals surface area contributed by atoms with E-state index in [4.69, 9.17) is 23.3 Å². The van der Waals surface area contributed by atoms with E-state index >= 15 is 0 Å². The van der Waals surface area contributed by atoms with Crippen molar-refractivity contribution in [2.24, 2.45) is 0 Å². The van der Waals surface area contributed by atoms with Crippen molar-refractivity contribution in [2.45, 2.75) is 68.3 Å². The zero-order valence-corrected chi connectivity index (χ0v) is 18.9. The van der Waals surface area contributed by atoms with Crippen molar-refractivity contribution in [1.82, 2.24) is 5.32 Å². The largest absolute Gasteiger partial charge is 0.397 e. The molecule has 10 atom stereocenters. The molecule has 2 saturated heterocycles. The van der Waals surface area contributed by atoms with E-state index in [0.717, 1.165) is 6.92 Å². The van der Waals surface area contributed by atoms with Gasteiger partial charge in [-0.3, -0.25) is 13.9 Å². The highest BCUT2D eigenvalue weighted by atomic mass is 32.3. The fraction of sp³-hybridized carbons (Fsp3) is 0.929. The molecule has 0 aromatic carbocycles. The maximum absolute atomic E-state index is 11.4. The van der Waals surface area contributed by atoms with E-state index in [-0.39, 0.29) is 0 Å². The number of aliphatic hydroxyl groups excluding tert-OH is 5. The van der Waals surface area contributed by atoms with Crippen molar-refractivity contribution in [3.05, 3.63) is 0 Å². The Morgan fingerprint density at radius 2 is 1.35 bits per heavy atom. The number of amides is 1. The molecule has 0 aromatic rings. The Bertz CT molecular complexity index is 911. The number of carbonyl (C=O) groups is 1. The van der Waals surface area contributed by atoms with E-state index < -0.39 is 101 Å². The zero-order chi connectivity index (χ0) is 26.0. The predicted molar refractivity (Wildman–Crippen MR) is 101 cm³/mol. The minimum absolute atomic E-state index is 0.729. The number of aliphatic hydroxyl groups is 5. The molecule has 0 aliphatic carbocycles. The molecule has 0 spiro atoms. The van der Waals surface area contributed by atoms with Gasteiger partial charge in [-0.2, -0.15) is 16.8 Å². The topological polar surface area (TPSA) is 285 Å². The van der Waals surface area contributed by atoms with Gasteiger partial charge in [-0.05, 0) is 0 Å². The lowest BCUT2D eigenvalue weighted by atomic mass is 9.95. The summed E-state index contributed by atoms with van der Waals surface area (Å²) in [6.07, 6.45) is -17.0. The quantitative estimate of drug-likeness (QED) is 0.126. The molecule has 0 bridgehead atoms. The van der Waals surface area contributed by atoms with Crippen LogP contribution in [0.1, 0.15) is 6.92 Å². The van der Waals surface area contributed by atoms with Crippen molar-refractivity contribution in [1.29, 1.82) is 0 Å². The minimum atomic E-state index is -5.02. The van der Waals surface area contributed by atoms with E-state index in [2.05, 4.69) is 13.7 Å². The van der Waals surface area contributed by atoms with Crippen LogP contribution in [-0.2, 0) is 48.2 Å². The van der Waals surface area contributed by atoms with Crippen LogP contribution < -0.4 is 5.32 Å². The van der Waals surface area contributed by atoms with Gasteiger partial charge >= 0.3 is 20.8 Å². The van der Waals surface area contributed by atoms with Crippen LogP contribution in [0.15, 0.2) is 0 Å². The molecule has 1 amide bonds. The number of carbonyl (C=O) groups excluding carboxylic acids is 1. The van der Waals surface area contributed by atoms with Crippen molar-refractivity contribution in [2.75, 3.05) is 13.2 Å². The van der Waals surface area contributed by atoms with Crippen LogP contribution in [0, 0.1) is 0 Å². The molecule has 0 aromatic heterocycles. The summed E-state index contributed by atoms with van der Waals surface area (Å²) in [5.41, 5.74) is 0. The molecule has 2 rings (SSSR count). The smallest absolute Gasteiger partial charge is 0.388 e. The van der Waals surface area contributed by atoms with Gasteiger partial charge in [0.05, 0.1) is 13.2 Å². The van der Waals surface area contributed by atoms with E-state index in [1.54, 1.807) is 0 Å². The van der Waals surface area contributed by atoms with Crippen molar-refractivity contribution in [3.63, 3.8) is 0 Å². The third kappa shape index (κ3) is 7.96. The van der Waals surface area contributed by atoms with Gasteiger partial charge < -0.3 is 45.1 Å². The molecule has 20 heteroatoms. The van der Waals surface area contributed by atoms with Crippen molar-refractivity contribution >= 4 is 26.7 Å². The molecule has 2 aliphatic heterocycles. The summed E-state index contributed by atoms with van der Waals surface area (Å²) in [7, 11) is -10.0. The number of hydrogen-bond donors (Lipinski definition) is 8. The zero-order valence-electron chi connectivity index (χ0n) is 17.2. The summed E-state index contributed by atoms with van der Waals surface area (Å²) in [5, 5.41) is 53.1. The lowest BCUT2D eigenvalue weighted by Gasteiger charge is -2.46. The molecule has 2 heterocycles. The fourth-order valence-electron chi connectivity index (χ4n) is 3.26. The van der Waals surface area contributed by atoms with Gasteiger partial charge in [-0.1, -0.05) is 0 Å². The normalized spacial score (nSPS) is 39.5. The SMILES string of the molecule is CC(=O)N[C@H]1C(O)O[C@H](COS(=O)(=O)O)[C@@H](O[C@@H]2O[C@H](COS(=O)(=O)O)[C@H](O)[C@H](O)[C@H]2O)[C@@H]1O. The van der Waals surface area contributed by atoms with Crippen LogP contribution in [-0.4, -0.2) is 132 Å². The maximum Gasteiger partial charge on any atom is 0.397 e. The third-order valence-corrected chi connectivity index (χ3v) is 5.65. The van der Waals surface area contributed by atoms with Gasteiger partial charge in [-0.15, -0.1) is 0 Å². The Morgan fingerprint density at radius 3 is 1.85 bits per heavy atom. The van der Waals surface area contributed by atoms with Crippen LogP contribution in [0.4, 0.5) is 0 Å². The second-order valence-electron chi connectivity index (χ2n) is 7.32. The van der Waals surface area contributed by atoms with E-state index in [0.29, 0.717) is 0 Å². The van der Waals surface area contributed by atoms with Crippen LogP contribution in [0.5, 0.6) is 0 Å². The fourth-order valence-corrected chi connectivity index (χ4v) is 3.87. The monoisotopic (exact) mass is 543 g/mol. The van der Waals surface area contributed by atoms with Gasteiger partial charge in [-0.25, -0.2) is 8.37 Å². The van der Waals surface area contributed by atoms with Crippen molar-refractivity contribution < 1.29 is 78.8 Å². The lowest BCUT2D eigenvalue weighted by molar-refractivity contribution is -0.344. The third-order valence-electron chi connectivity index (χ3n) is 4.78. The van der Waals surface area contributed by atoms with Crippen LogP contribution in [0.25, 0.3) is 0 Å². The summed E-state index contributed by atoms with van der Waals surface area (Å²) < 4.78 is 84.7. The summed E-state index contributed by atoms with van der Waals surface area (Å²) >= 11 is 0. The lowest BCUT2D eigenvalue weighted by Crippen LogP contribution is -2.67. The molecule has 18 nitrogen and oxygen atoms in total. The van der Waals surface area contributed by atoms with Gasteiger partial charge in [0.1, 0.15) is 48.8 Å². The van der Waals surface area contributed by atoms with E-state index in [1.165, 1.54) is 0 Å². The highest BCUT2D eigenvalue weighted by Crippen LogP contribution is 2.29. The Hall–Kier alpha value is -1.11. The molecule has 200 valence electrons. The minimum Gasteiger partial charge on any atom is -0.388 e. The number of hydrogen-bond acceptors (Lipinski definition) is 15. The summed E-state index contributed by atoms with van der Waals surface area (Å²) in [5.74, 6) is -0.729. The molecule has 2 fully saturated rings. The highest BCUT2D eigenvalue weighted by Gasteiger charge is 2.51. The molecular weight excluding hydrogens is 518 g/mol. The Labute approximate surface area is 192 Å². The second kappa shape index (κ2) is 11.3. The maximum atomic E-state index is 11.4. The number of rotatable bonds is 9. The van der Waals surface area contributed by atoms with Crippen LogP contribution >= 0.6 is 0 Å². The molecule has 0 radical (unpaired) electrons.